The van der Waals surface area contributed by atoms with Crippen molar-refractivity contribution < 1.29 is 0 Å². The summed E-state index contributed by atoms with van der Waals surface area (Å²) in [5.74, 6) is 0.755. The zero-order valence-electron chi connectivity index (χ0n) is 10.7. The number of anilines is 1. The molecule has 0 radical (unpaired) electrons. The van der Waals surface area contributed by atoms with Gasteiger partial charge in [0.15, 0.2) is 0 Å². The predicted octanol–water partition coefficient (Wildman–Crippen LogP) is 2.92. The number of piperidine rings is 1. The summed E-state index contributed by atoms with van der Waals surface area (Å²) in [4.78, 5) is 2.68. The molecule has 2 fully saturated rings. The summed E-state index contributed by atoms with van der Waals surface area (Å²) in [7, 11) is 0. The van der Waals surface area contributed by atoms with Crippen LogP contribution in [0.4, 0.5) is 5.69 Å². The monoisotopic (exact) mass is 230 g/mol. The third-order valence-electron chi connectivity index (χ3n) is 4.33. The molecule has 3 rings (SSSR count). The molecule has 1 heterocycles. The number of benzene rings is 1. The van der Waals surface area contributed by atoms with Crippen molar-refractivity contribution in [3.63, 3.8) is 0 Å². The SMILES string of the molecule is Cc1cc(N)ccc1C1CCN(C2CC2)CC1. The predicted molar refractivity (Wildman–Crippen MR) is 72.2 cm³/mol. The van der Waals surface area contributed by atoms with E-state index in [-0.39, 0.29) is 0 Å². The minimum absolute atomic E-state index is 0.755. The highest BCUT2D eigenvalue weighted by atomic mass is 15.2. The maximum absolute atomic E-state index is 5.82. The van der Waals surface area contributed by atoms with Crippen LogP contribution in [0.1, 0.15) is 42.7 Å². The number of aryl methyl sites for hydroxylation is 1. The lowest BCUT2D eigenvalue weighted by molar-refractivity contribution is 0.203. The van der Waals surface area contributed by atoms with E-state index in [2.05, 4.69) is 30.0 Å². The average molecular weight is 230 g/mol. The van der Waals surface area contributed by atoms with Gasteiger partial charge in [0.1, 0.15) is 0 Å². The zero-order valence-corrected chi connectivity index (χ0v) is 10.7. The van der Waals surface area contributed by atoms with Crippen LogP contribution < -0.4 is 5.73 Å². The van der Waals surface area contributed by atoms with Gasteiger partial charge >= 0.3 is 0 Å². The van der Waals surface area contributed by atoms with E-state index in [0.29, 0.717) is 0 Å². The molecule has 1 aromatic rings. The van der Waals surface area contributed by atoms with Gasteiger partial charge in [0, 0.05) is 11.7 Å². The quantitative estimate of drug-likeness (QED) is 0.792. The van der Waals surface area contributed by atoms with Gasteiger partial charge in [-0.05, 0) is 74.9 Å². The van der Waals surface area contributed by atoms with Crippen LogP contribution in [0.25, 0.3) is 0 Å². The van der Waals surface area contributed by atoms with Crippen molar-refractivity contribution in [2.45, 2.75) is 44.6 Å². The first-order valence-corrected chi connectivity index (χ1v) is 6.84. The molecular formula is C15H22N2. The Labute approximate surface area is 104 Å². The third-order valence-corrected chi connectivity index (χ3v) is 4.33. The van der Waals surface area contributed by atoms with Crippen molar-refractivity contribution >= 4 is 5.69 Å². The van der Waals surface area contributed by atoms with Crippen LogP contribution in [0.15, 0.2) is 18.2 Å². The van der Waals surface area contributed by atoms with Gasteiger partial charge in [0.2, 0.25) is 0 Å². The summed E-state index contributed by atoms with van der Waals surface area (Å²) in [5.41, 5.74) is 9.60. The largest absolute Gasteiger partial charge is 0.399 e. The van der Waals surface area contributed by atoms with Crippen LogP contribution in [0.5, 0.6) is 0 Å². The van der Waals surface area contributed by atoms with Crippen LogP contribution in [-0.2, 0) is 0 Å². The molecule has 0 spiro atoms. The van der Waals surface area contributed by atoms with Crippen molar-refractivity contribution in [2.24, 2.45) is 0 Å². The number of hydrogen-bond acceptors (Lipinski definition) is 2. The van der Waals surface area contributed by atoms with Gasteiger partial charge in [-0.3, -0.25) is 0 Å². The topological polar surface area (TPSA) is 29.3 Å². The number of nitrogens with two attached hydrogens (primary N) is 1. The van der Waals surface area contributed by atoms with Gasteiger partial charge in [-0.25, -0.2) is 0 Å². The summed E-state index contributed by atoms with van der Waals surface area (Å²) in [6, 6.07) is 7.34. The molecule has 2 nitrogen and oxygen atoms in total. The van der Waals surface area contributed by atoms with E-state index >= 15 is 0 Å². The zero-order chi connectivity index (χ0) is 11.8. The van der Waals surface area contributed by atoms with Crippen LogP contribution in [0, 0.1) is 6.92 Å². The summed E-state index contributed by atoms with van der Waals surface area (Å²) in [6.45, 7) is 4.78. The van der Waals surface area contributed by atoms with Gasteiger partial charge in [0.05, 0.1) is 0 Å². The van der Waals surface area contributed by atoms with E-state index in [0.717, 1.165) is 17.6 Å². The molecular weight excluding hydrogens is 208 g/mol. The first kappa shape index (κ1) is 11.1. The summed E-state index contributed by atoms with van der Waals surface area (Å²) >= 11 is 0. The highest BCUT2D eigenvalue weighted by Crippen LogP contribution is 2.35. The van der Waals surface area contributed by atoms with Crippen molar-refractivity contribution in [1.82, 2.24) is 4.90 Å². The second-order valence-corrected chi connectivity index (χ2v) is 5.66. The maximum Gasteiger partial charge on any atom is 0.0316 e. The van der Waals surface area contributed by atoms with Crippen molar-refractivity contribution in [1.29, 1.82) is 0 Å². The molecule has 1 aliphatic heterocycles. The van der Waals surface area contributed by atoms with E-state index in [1.807, 2.05) is 0 Å². The lowest BCUT2D eigenvalue weighted by Gasteiger charge is -2.32. The minimum atomic E-state index is 0.755. The Kier molecular flexibility index (Phi) is 2.83. The maximum atomic E-state index is 5.82. The molecule has 0 aromatic heterocycles. The van der Waals surface area contributed by atoms with E-state index in [1.54, 1.807) is 0 Å². The molecule has 92 valence electrons. The molecule has 0 unspecified atom stereocenters. The first-order valence-electron chi connectivity index (χ1n) is 6.84. The smallest absolute Gasteiger partial charge is 0.0316 e. The van der Waals surface area contributed by atoms with Gasteiger partial charge in [-0.2, -0.15) is 0 Å². The normalized spacial score (nSPS) is 22.9. The van der Waals surface area contributed by atoms with Gasteiger partial charge in [-0.1, -0.05) is 6.07 Å². The number of rotatable bonds is 2. The molecule has 2 heteroatoms. The highest BCUT2D eigenvalue weighted by Gasteiger charge is 2.32. The Balaban J connectivity index is 1.68. The fourth-order valence-corrected chi connectivity index (χ4v) is 3.17. The van der Waals surface area contributed by atoms with Crippen LogP contribution in [-0.4, -0.2) is 24.0 Å². The number of likely N-dealkylation sites (tertiary alicyclic amines) is 1. The second-order valence-electron chi connectivity index (χ2n) is 5.66. The minimum Gasteiger partial charge on any atom is -0.399 e. The molecule has 17 heavy (non-hydrogen) atoms. The Hall–Kier alpha value is -1.02. The van der Waals surface area contributed by atoms with Gasteiger partial charge in [-0.15, -0.1) is 0 Å². The summed E-state index contributed by atoms with van der Waals surface area (Å²) in [5, 5.41) is 0. The van der Waals surface area contributed by atoms with Crippen LogP contribution in [0.2, 0.25) is 0 Å². The first-order chi connectivity index (χ1) is 8.24. The number of nitrogens with zero attached hydrogens (tertiary/aromatic N) is 1. The molecule has 0 bridgehead atoms. The molecule has 1 saturated carbocycles. The molecule has 0 atom stereocenters. The van der Waals surface area contributed by atoms with Gasteiger partial charge < -0.3 is 10.6 Å². The fraction of sp³-hybridized carbons (Fsp3) is 0.600. The van der Waals surface area contributed by atoms with E-state index in [4.69, 9.17) is 5.73 Å². The molecule has 1 aliphatic carbocycles. The number of nitrogen functional groups attached to an aromatic ring is 1. The van der Waals surface area contributed by atoms with E-state index in [1.165, 1.54) is 49.9 Å². The second kappa shape index (κ2) is 4.34. The average Bonchev–Trinajstić information content (AvgIpc) is 3.13. The lowest BCUT2D eigenvalue weighted by atomic mass is 9.86. The summed E-state index contributed by atoms with van der Waals surface area (Å²) in [6.07, 6.45) is 5.51. The standard InChI is InChI=1S/C15H22N2/c1-11-10-13(16)2-5-15(11)12-6-8-17(9-7-12)14-3-4-14/h2,5,10,12,14H,3-4,6-9,16H2,1H3. The molecule has 2 N–H and O–H groups in total. The highest BCUT2D eigenvalue weighted by molar-refractivity contribution is 5.45. The lowest BCUT2D eigenvalue weighted by Crippen LogP contribution is -2.34. The molecule has 2 aliphatic rings. The fourth-order valence-electron chi connectivity index (χ4n) is 3.17. The molecule has 1 saturated heterocycles. The Morgan fingerprint density at radius 2 is 1.82 bits per heavy atom. The van der Waals surface area contributed by atoms with Crippen LogP contribution >= 0.6 is 0 Å². The third kappa shape index (κ3) is 2.32. The molecule has 0 amide bonds. The van der Waals surface area contributed by atoms with Gasteiger partial charge in [0.25, 0.3) is 0 Å². The van der Waals surface area contributed by atoms with Crippen molar-refractivity contribution in [2.75, 3.05) is 18.8 Å². The Bertz CT molecular complexity index is 401. The van der Waals surface area contributed by atoms with Crippen molar-refractivity contribution in [3.05, 3.63) is 29.3 Å². The van der Waals surface area contributed by atoms with Crippen molar-refractivity contribution in [3.8, 4) is 0 Å². The van der Waals surface area contributed by atoms with Crippen LogP contribution in [0.3, 0.4) is 0 Å². The molecule has 1 aromatic carbocycles. The number of hydrogen-bond donors (Lipinski definition) is 1. The Morgan fingerprint density at radius 3 is 2.41 bits per heavy atom. The Morgan fingerprint density at radius 1 is 1.12 bits per heavy atom. The van der Waals surface area contributed by atoms with E-state index in [9.17, 15) is 0 Å². The summed E-state index contributed by atoms with van der Waals surface area (Å²) < 4.78 is 0. The van der Waals surface area contributed by atoms with E-state index < -0.39 is 0 Å².